The number of aromatic nitrogens is 1. The molecule has 1 saturated carbocycles. The van der Waals surface area contributed by atoms with Gasteiger partial charge in [0.2, 0.25) is 0 Å². The minimum atomic E-state index is -0.0983. The molecule has 0 saturated heterocycles. The second-order valence-corrected chi connectivity index (χ2v) is 4.52. The van der Waals surface area contributed by atoms with Crippen molar-refractivity contribution in [3.05, 3.63) is 29.0 Å². The Balaban J connectivity index is 2.15. The predicted octanol–water partition coefficient (Wildman–Crippen LogP) is 2.44. The van der Waals surface area contributed by atoms with Crippen LogP contribution in [0.2, 0.25) is 5.02 Å². The van der Waals surface area contributed by atoms with E-state index in [1.807, 2.05) is 0 Å². The average molecular weight is 240 g/mol. The fraction of sp³-hybridized carbons (Fsp3) is 0.500. The molecule has 1 aromatic rings. The van der Waals surface area contributed by atoms with Crippen LogP contribution in [0, 0.1) is 5.92 Å². The Morgan fingerprint density at radius 2 is 2.38 bits per heavy atom. The van der Waals surface area contributed by atoms with E-state index in [1.165, 1.54) is 0 Å². The minimum Gasteiger partial charge on any atom is -0.384 e. The monoisotopic (exact) mass is 239 g/mol. The van der Waals surface area contributed by atoms with Crippen LogP contribution in [0.15, 0.2) is 18.3 Å². The molecule has 3 nitrogen and oxygen atoms in total. The van der Waals surface area contributed by atoms with E-state index in [0.29, 0.717) is 11.6 Å². The van der Waals surface area contributed by atoms with E-state index in [2.05, 4.69) is 4.98 Å². The van der Waals surface area contributed by atoms with E-state index in [4.69, 9.17) is 16.3 Å². The first-order valence-corrected chi connectivity index (χ1v) is 5.74. The SMILES string of the molecule is COCC1CCC(c2cc(Cl)ccn2)C1=O. The summed E-state index contributed by atoms with van der Waals surface area (Å²) in [5.41, 5.74) is 0.788. The molecule has 1 fully saturated rings. The zero-order chi connectivity index (χ0) is 11.5. The molecule has 2 atom stereocenters. The molecule has 0 aromatic carbocycles. The lowest BCUT2D eigenvalue weighted by Crippen LogP contribution is -2.17. The molecule has 0 aliphatic heterocycles. The summed E-state index contributed by atoms with van der Waals surface area (Å²) in [6, 6.07) is 3.50. The number of carbonyl (C=O) groups is 1. The molecule has 1 aliphatic carbocycles. The number of hydrogen-bond donors (Lipinski definition) is 0. The van der Waals surface area contributed by atoms with Gasteiger partial charge in [0.05, 0.1) is 18.2 Å². The third kappa shape index (κ3) is 2.25. The second kappa shape index (κ2) is 4.93. The van der Waals surface area contributed by atoms with Crippen molar-refractivity contribution in [3.63, 3.8) is 0 Å². The maximum atomic E-state index is 12.0. The summed E-state index contributed by atoms with van der Waals surface area (Å²) in [5, 5.41) is 0.632. The molecule has 2 unspecified atom stereocenters. The molecular formula is C12H14ClNO2. The molecule has 2 rings (SSSR count). The van der Waals surface area contributed by atoms with Crippen LogP contribution in [-0.4, -0.2) is 24.5 Å². The summed E-state index contributed by atoms with van der Waals surface area (Å²) in [4.78, 5) is 16.3. The Kier molecular flexibility index (Phi) is 3.56. The number of halogens is 1. The fourth-order valence-corrected chi connectivity index (χ4v) is 2.38. The Labute approximate surface area is 99.8 Å². The summed E-state index contributed by atoms with van der Waals surface area (Å²) >= 11 is 5.89. The molecule has 0 N–H and O–H groups in total. The summed E-state index contributed by atoms with van der Waals surface area (Å²) in [6.07, 6.45) is 3.38. The number of methoxy groups -OCH3 is 1. The Morgan fingerprint density at radius 1 is 1.56 bits per heavy atom. The molecule has 0 spiro atoms. The van der Waals surface area contributed by atoms with Crippen molar-refractivity contribution in [2.75, 3.05) is 13.7 Å². The van der Waals surface area contributed by atoms with Crippen molar-refractivity contribution < 1.29 is 9.53 Å². The van der Waals surface area contributed by atoms with Crippen molar-refractivity contribution >= 4 is 17.4 Å². The number of carbonyl (C=O) groups excluding carboxylic acids is 1. The van der Waals surface area contributed by atoms with E-state index >= 15 is 0 Å². The van der Waals surface area contributed by atoms with Crippen molar-refractivity contribution in [1.82, 2.24) is 4.98 Å². The third-order valence-electron chi connectivity index (χ3n) is 3.02. The van der Waals surface area contributed by atoms with Crippen LogP contribution in [0.5, 0.6) is 0 Å². The molecule has 0 amide bonds. The zero-order valence-corrected chi connectivity index (χ0v) is 9.91. The van der Waals surface area contributed by atoms with Crippen molar-refractivity contribution in [2.45, 2.75) is 18.8 Å². The van der Waals surface area contributed by atoms with E-state index in [-0.39, 0.29) is 17.6 Å². The molecular weight excluding hydrogens is 226 g/mol. The normalized spacial score (nSPS) is 25.0. The van der Waals surface area contributed by atoms with Crippen molar-refractivity contribution in [2.24, 2.45) is 5.92 Å². The smallest absolute Gasteiger partial charge is 0.147 e. The van der Waals surface area contributed by atoms with Gasteiger partial charge in [-0.1, -0.05) is 11.6 Å². The molecule has 86 valence electrons. The minimum absolute atomic E-state index is 0.0239. The molecule has 4 heteroatoms. The lowest BCUT2D eigenvalue weighted by atomic mass is 10.00. The van der Waals surface area contributed by atoms with E-state index in [0.717, 1.165) is 18.5 Å². The highest BCUT2D eigenvalue weighted by molar-refractivity contribution is 6.30. The Bertz CT molecular complexity index is 394. The van der Waals surface area contributed by atoms with Gasteiger partial charge in [-0.05, 0) is 25.0 Å². The first kappa shape index (κ1) is 11.6. The average Bonchev–Trinajstić information content (AvgIpc) is 2.61. The number of rotatable bonds is 3. The maximum Gasteiger partial charge on any atom is 0.147 e. The van der Waals surface area contributed by atoms with Gasteiger partial charge in [-0.2, -0.15) is 0 Å². The fourth-order valence-electron chi connectivity index (χ4n) is 2.21. The van der Waals surface area contributed by atoms with Crippen LogP contribution >= 0.6 is 11.6 Å². The first-order valence-electron chi connectivity index (χ1n) is 5.36. The summed E-state index contributed by atoms with van der Waals surface area (Å²) in [7, 11) is 1.62. The lowest BCUT2D eigenvalue weighted by molar-refractivity contribution is -0.123. The molecule has 0 bridgehead atoms. The maximum absolute atomic E-state index is 12.0. The number of pyridine rings is 1. The predicted molar refractivity (Wildman–Crippen MR) is 61.6 cm³/mol. The summed E-state index contributed by atoms with van der Waals surface area (Å²) in [5.74, 6) is 0.159. The quantitative estimate of drug-likeness (QED) is 0.813. The number of nitrogens with zero attached hydrogens (tertiary/aromatic N) is 1. The topological polar surface area (TPSA) is 39.2 Å². The molecule has 1 heterocycles. The lowest BCUT2D eigenvalue weighted by Gasteiger charge is -2.09. The van der Waals surface area contributed by atoms with Gasteiger partial charge >= 0.3 is 0 Å². The number of Topliss-reactive ketones (excluding diaryl/α,β-unsaturated/α-hetero) is 1. The Hall–Kier alpha value is -0.930. The third-order valence-corrected chi connectivity index (χ3v) is 3.25. The number of ether oxygens (including phenoxy) is 1. The first-order chi connectivity index (χ1) is 7.72. The van der Waals surface area contributed by atoms with Crippen LogP contribution in [0.4, 0.5) is 0 Å². The largest absolute Gasteiger partial charge is 0.384 e. The summed E-state index contributed by atoms with van der Waals surface area (Å²) < 4.78 is 5.04. The number of ketones is 1. The molecule has 0 radical (unpaired) electrons. The van der Waals surface area contributed by atoms with Gasteiger partial charge in [0.25, 0.3) is 0 Å². The van der Waals surface area contributed by atoms with Crippen molar-refractivity contribution in [3.8, 4) is 0 Å². The number of hydrogen-bond acceptors (Lipinski definition) is 3. The van der Waals surface area contributed by atoms with Crippen molar-refractivity contribution in [1.29, 1.82) is 0 Å². The molecule has 1 aliphatic rings. The summed E-state index contributed by atoms with van der Waals surface area (Å²) in [6.45, 7) is 0.510. The van der Waals surface area contributed by atoms with Crippen LogP contribution in [0.3, 0.4) is 0 Å². The zero-order valence-electron chi connectivity index (χ0n) is 9.15. The van der Waals surface area contributed by atoms with Gasteiger partial charge in [0, 0.05) is 24.2 Å². The van der Waals surface area contributed by atoms with Gasteiger partial charge in [-0.25, -0.2) is 0 Å². The van der Waals surface area contributed by atoms with E-state index in [9.17, 15) is 4.79 Å². The van der Waals surface area contributed by atoms with Crippen LogP contribution in [-0.2, 0) is 9.53 Å². The standard InChI is InChI=1S/C12H14ClNO2/c1-16-7-8-2-3-10(12(8)15)11-6-9(13)4-5-14-11/h4-6,8,10H,2-3,7H2,1H3. The highest BCUT2D eigenvalue weighted by Gasteiger charge is 2.35. The van der Waals surface area contributed by atoms with Crippen LogP contribution in [0.1, 0.15) is 24.5 Å². The van der Waals surface area contributed by atoms with Gasteiger partial charge in [-0.15, -0.1) is 0 Å². The van der Waals surface area contributed by atoms with Gasteiger partial charge in [0.1, 0.15) is 5.78 Å². The second-order valence-electron chi connectivity index (χ2n) is 4.08. The molecule has 1 aromatic heterocycles. The highest BCUT2D eigenvalue weighted by Crippen LogP contribution is 2.34. The highest BCUT2D eigenvalue weighted by atomic mass is 35.5. The Morgan fingerprint density at radius 3 is 3.06 bits per heavy atom. The van der Waals surface area contributed by atoms with E-state index < -0.39 is 0 Å². The van der Waals surface area contributed by atoms with E-state index in [1.54, 1.807) is 25.4 Å². The molecule has 16 heavy (non-hydrogen) atoms. The van der Waals surface area contributed by atoms with Gasteiger partial charge in [-0.3, -0.25) is 9.78 Å². The van der Waals surface area contributed by atoms with Gasteiger partial charge < -0.3 is 4.74 Å². The van der Waals surface area contributed by atoms with Crippen LogP contribution < -0.4 is 0 Å². The van der Waals surface area contributed by atoms with Gasteiger partial charge in [0.15, 0.2) is 0 Å². The van der Waals surface area contributed by atoms with Crippen LogP contribution in [0.25, 0.3) is 0 Å².